The quantitative estimate of drug-likeness (QED) is 0.420. The second-order valence-electron chi connectivity index (χ2n) is 7.03. The van der Waals surface area contributed by atoms with E-state index in [9.17, 15) is 4.79 Å². The van der Waals surface area contributed by atoms with Crippen LogP contribution in [0.5, 0.6) is 0 Å². The molecule has 0 aliphatic heterocycles. The van der Waals surface area contributed by atoms with E-state index in [1.54, 1.807) is 7.05 Å². The van der Waals surface area contributed by atoms with Gasteiger partial charge >= 0.3 is 6.09 Å². The van der Waals surface area contributed by atoms with Crippen molar-refractivity contribution in [3.05, 3.63) is 34.9 Å². The van der Waals surface area contributed by atoms with E-state index in [0.717, 1.165) is 18.9 Å². The summed E-state index contributed by atoms with van der Waals surface area (Å²) >= 11 is 0. The summed E-state index contributed by atoms with van der Waals surface area (Å²) in [5.74, 6) is 0.718. The molecule has 0 atom stereocenters. The Hall–Kier alpha value is -2.24. The molecule has 6 heteroatoms. The van der Waals surface area contributed by atoms with Gasteiger partial charge in [0.1, 0.15) is 5.60 Å². The molecule has 0 radical (unpaired) electrons. The van der Waals surface area contributed by atoms with Gasteiger partial charge in [0.15, 0.2) is 5.96 Å². The number of aryl methyl sites for hydroxylation is 2. The van der Waals surface area contributed by atoms with Crippen molar-refractivity contribution >= 4 is 12.1 Å². The van der Waals surface area contributed by atoms with Crippen LogP contribution in [0.3, 0.4) is 0 Å². The predicted molar refractivity (Wildman–Crippen MR) is 103 cm³/mol. The number of carbonyl (C=O) groups is 1. The Morgan fingerprint density at radius 2 is 1.72 bits per heavy atom. The second-order valence-corrected chi connectivity index (χ2v) is 7.03. The lowest BCUT2D eigenvalue weighted by Gasteiger charge is -2.20. The summed E-state index contributed by atoms with van der Waals surface area (Å²) in [6.45, 7) is 11.6. The maximum Gasteiger partial charge on any atom is 0.407 e. The monoisotopic (exact) mass is 348 g/mol. The molecule has 0 aliphatic rings. The Morgan fingerprint density at radius 1 is 1.08 bits per heavy atom. The van der Waals surface area contributed by atoms with Crippen LogP contribution in [0.4, 0.5) is 4.79 Å². The number of rotatable bonds is 6. The van der Waals surface area contributed by atoms with Crippen LogP contribution < -0.4 is 16.0 Å². The molecule has 25 heavy (non-hydrogen) atoms. The molecule has 0 aliphatic carbocycles. The summed E-state index contributed by atoms with van der Waals surface area (Å²) in [7, 11) is 1.73. The van der Waals surface area contributed by atoms with E-state index in [-0.39, 0.29) is 0 Å². The van der Waals surface area contributed by atoms with E-state index in [1.165, 1.54) is 16.7 Å². The van der Waals surface area contributed by atoms with Crippen molar-refractivity contribution in [2.24, 2.45) is 4.99 Å². The third kappa shape index (κ3) is 8.98. The van der Waals surface area contributed by atoms with Crippen LogP contribution in [-0.2, 0) is 11.2 Å². The normalized spacial score (nSPS) is 11.8. The number of nitrogens with zero attached hydrogens (tertiary/aromatic N) is 1. The number of benzene rings is 1. The predicted octanol–water partition coefficient (Wildman–Crippen LogP) is 2.54. The average Bonchev–Trinajstić information content (AvgIpc) is 2.49. The van der Waals surface area contributed by atoms with Gasteiger partial charge in [-0.05, 0) is 52.2 Å². The maximum absolute atomic E-state index is 11.6. The Labute approximate surface area is 151 Å². The van der Waals surface area contributed by atoms with E-state index < -0.39 is 11.7 Å². The summed E-state index contributed by atoms with van der Waals surface area (Å²) in [6, 6.07) is 6.51. The average molecular weight is 348 g/mol. The van der Waals surface area contributed by atoms with Crippen molar-refractivity contribution in [2.45, 2.75) is 46.6 Å². The minimum Gasteiger partial charge on any atom is -0.444 e. The highest BCUT2D eigenvalue weighted by Gasteiger charge is 2.15. The van der Waals surface area contributed by atoms with Gasteiger partial charge in [-0.15, -0.1) is 0 Å². The number of guanidine groups is 1. The van der Waals surface area contributed by atoms with E-state index in [4.69, 9.17) is 4.74 Å². The molecule has 0 fully saturated rings. The molecular formula is C19H32N4O2. The van der Waals surface area contributed by atoms with E-state index >= 15 is 0 Å². The maximum atomic E-state index is 11.6. The molecule has 0 saturated heterocycles. The Kier molecular flexibility index (Phi) is 8.25. The van der Waals surface area contributed by atoms with Crippen LogP contribution in [0.25, 0.3) is 0 Å². The van der Waals surface area contributed by atoms with E-state index in [1.807, 2.05) is 20.8 Å². The van der Waals surface area contributed by atoms with Crippen molar-refractivity contribution in [1.29, 1.82) is 0 Å². The number of hydrogen-bond donors (Lipinski definition) is 3. The molecular weight excluding hydrogens is 316 g/mol. The van der Waals surface area contributed by atoms with Crippen molar-refractivity contribution < 1.29 is 9.53 Å². The molecule has 140 valence electrons. The van der Waals surface area contributed by atoms with Gasteiger partial charge in [0.2, 0.25) is 0 Å². The number of aliphatic imine (C=N–C) groups is 1. The summed E-state index contributed by atoms with van der Waals surface area (Å²) in [5, 5.41) is 9.15. The minimum atomic E-state index is -0.483. The van der Waals surface area contributed by atoms with Crippen molar-refractivity contribution in [2.75, 3.05) is 26.7 Å². The lowest BCUT2D eigenvalue weighted by atomic mass is 10.0. The highest BCUT2D eigenvalue weighted by molar-refractivity contribution is 5.79. The molecule has 1 rings (SSSR count). The van der Waals surface area contributed by atoms with Crippen LogP contribution in [0.15, 0.2) is 23.2 Å². The SMILES string of the molecule is CN=C(NCCNC(=O)OC(C)(C)C)NCCc1ccc(C)cc1C. The summed E-state index contributed by atoms with van der Waals surface area (Å²) in [4.78, 5) is 15.7. The molecule has 6 nitrogen and oxygen atoms in total. The molecule has 0 aromatic heterocycles. The van der Waals surface area contributed by atoms with Gasteiger partial charge in [-0.25, -0.2) is 4.79 Å². The fourth-order valence-corrected chi connectivity index (χ4v) is 2.32. The first-order chi connectivity index (χ1) is 11.7. The van der Waals surface area contributed by atoms with Crippen LogP contribution in [0.2, 0.25) is 0 Å². The van der Waals surface area contributed by atoms with Crippen molar-refractivity contribution in [3.8, 4) is 0 Å². The fourth-order valence-electron chi connectivity index (χ4n) is 2.32. The Bertz CT molecular complexity index is 592. The van der Waals surface area contributed by atoms with Gasteiger partial charge in [0, 0.05) is 26.7 Å². The number of alkyl carbamates (subject to hydrolysis) is 1. The zero-order chi connectivity index (χ0) is 18.9. The van der Waals surface area contributed by atoms with Crippen LogP contribution in [0, 0.1) is 13.8 Å². The first-order valence-corrected chi connectivity index (χ1v) is 8.69. The smallest absolute Gasteiger partial charge is 0.407 e. The van der Waals surface area contributed by atoms with Crippen molar-refractivity contribution in [1.82, 2.24) is 16.0 Å². The van der Waals surface area contributed by atoms with Gasteiger partial charge in [-0.2, -0.15) is 0 Å². The minimum absolute atomic E-state index is 0.410. The molecule has 0 heterocycles. The summed E-state index contributed by atoms with van der Waals surface area (Å²) in [6.07, 6.45) is 0.523. The highest BCUT2D eigenvalue weighted by Crippen LogP contribution is 2.10. The topological polar surface area (TPSA) is 74.8 Å². The number of amides is 1. The van der Waals surface area contributed by atoms with Gasteiger partial charge in [-0.1, -0.05) is 23.8 Å². The van der Waals surface area contributed by atoms with E-state index in [0.29, 0.717) is 13.1 Å². The van der Waals surface area contributed by atoms with Gasteiger partial charge in [-0.3, -0.25) is 4.99 Å². The fraction of sp³-hybridized carbons (Fsp3) is 0.579. The van der Waals surface area contributed by atoms with Gasteiger partial charge in [0.25, 0.3) is 0 Å². The molecule has 0 spiro atoms. The molecule has 1 aromatic rings. The largest absolute Gasteiger partial charge is 0.444 e. The van der Waals surface area contributed by atoms with Crippen LogP contribution >= 0.6 is 0 Å². The zero-order valence-electron chi connectivity index (χ0n) is 16.3. The number of carbonyl (C=O) groups excluding carboxylic acids is 1. The molecule has 3 N–H and O–H groups in total. The van der Waals surface area contributed by atoms with Gasteiger partial charge in [0.05, 0.1) is 0 Å². The number of ether oxygens (including phenoxy) is 1. The second kappa shape index (κ2) is 9.91. The molecule has 1 aromatic carbocycles. The number of nitrogens with one attached hydrogen (secondary N) is 3. The molecule has 1 amide bonds. The van der Waals surface area contributed by atoms with Crippen LogP contribution in [0.1, 0.15) is 37.5 Å². The molecule has 0 unspecified atom stereocenters. The van der Waals surface area contributed by atoms with Crippen LogP contribution in [-0.4, -0.2) is 44.3 Å². The standard InChI is InChI=1S/C19H32N4O2/c1-14-7-8-16(15(2)13-14)9-10-21-17(20-6)22-11-12-23-18(24)25-19(3,4)5/h7-8,13H,9-12H2,1-6H3,(H,23,24)(H2,20,21,22). The van der Waals surface area contributed by atoms with Gasteiger partial charge < -0.3 is 20.7 Å². The zero-order valence-corrected chi connectivity index (χ0v) is 16.3. The lowest BCUT2D eigenvalue weighted by molar-refractivity contribution is 0.0529. The number of hydrogen-bond acceptors (Lipinski definition) is 3. The molecule has 0 bridgehead atoms. The molecule has 0 saturated carbocycles. The first-order valence-electron chi connectivity index (χ1n) is 8.69. The highest BCUT2D eigenvalue weighted by atomic mass is 16.6. The third-order valence-corrected chi connectivity index (χ3v) is 3.49. The summed E-state index contributed by atoms with van der Waals surface area (Å²) < 4.78 is 5.18. The lowest BCUT2D eigenvalue weighted by Crippen LogP contribution is -2.43. The Balaban J connectivity index is 2.25. The summed E-state index contributed by atoms with van der Waals surface area (Å²) in [5.41, 5.74) is 3.44. The van der Waals surface area contributed by atoms with Crippen molar-refractivity contribution in [3.63, 3.8) is 0 Å². The van der Waals surface area contributed by atoms with E-state index in [2.05, 4.69) is 53.0 Å². The first kappa shape index (κ1) is 20.8. The Morgan fingerprint density at radius 3 is 2.32 bits per heavy atom. The third-order valence-electron chi connectivity index (χ3n) is 3.49.